The summed E-state index contributed by atoms with van der Waals surface area (Å²) in [7, 11) is -6.30. The standard InChI is InChI=1S/C40H71NO9P2/c1-28(2)15-12-16-29(3)17-13-18-30(4)19-14-22-40(8)23-21-36-33(7)38(31(5)32(6)39(36)49-40)47-24-11-9-10-20-37(42)41-26-35(50-52(45)46)25-34(41)27-48-51(43)44/h28-30,34-35,51-52H,9-27H2,1-8H3,(H,43,44)(H,45,46)/t29-,30-,34+,35-,40-/m1/s1. The van der Waals surface area contributed by atoms with Gasteiger partial charge in [0.25, 0.3) is 0 Å². The van der Waals surface area contributed by atoms with Crippen molar-refractivity contribution in [3.05, 3.63) is 22.3 Å². The molecule has 10 nitrogen and oxygen atoms in total. The third-order valence-electron chi connectivity index (χ3n) is 11.5. The molecule has 2 heterocycles. The minimum Gasteiger partial charge on any atom is -0.493 e. The molecule has 1 aromatic carbocycles. The van der Waals surface area contributed by atoms with Crippen molar-refractivity contribution in [3.8, 4) is 11.5 Å². The fraction of sp³-hybridized carbons (Fsp3) is 0.825. The van der Waals surface area contributed by atoms with Crippen molar-refractivity contribution >= 4 is 22.4 Å². The number of likely N-dealkylation sites (tertiary alicyclic amines) is 1. The van der Waals surface area contributed by atoms with Crippen LogP contribution in [0.2, 0.25) is 0 Å². The zero-order valence-corrected chi connectivity index (χ0v) is 35.5. The van der Waals surface area contributed by atoms with Gasteiger partial charge in [0, 0.05) is 18.5 Å². The zero-order chi connectivity index (χ0) is 38.4. The Balaban J connectivity index is 1.42. The second-order valence-corrected chi connectivity index (χ2v) is 18.2. The predicted octanol–water partition coefficient (Wildman–Crippen LogP) is 9.84. The Morgan fingerprint density at radius 2 is 1.54 bits per heavy atom. The van der Waals surface area contributed by atoms with Gasteiger partial charge in [-0.1, -0.05) is 72.6 Å². The largest absolute Gasteiger partial charge is 0.493 e. The molecule has 2 aliphatic rings. The Labute approximate surface area is 316 Å². The summed E-state index contributed by atoms with van der Waals surface area (Å²) in [6, 6.07) is -0.468. The van der Waals surface area contributed by atoms with Gasteiger partial charge >= 0.3 is 16.5 Å². The van der Waals surface area contributed by atoms with Crippen molar-refractivity contribution in [2.24, 2.45) is 17.8 Å². The molecule has 0 aromatic heterocycles. The highest BCUT2D eigenvalue weighted by molar-refractivity contribution is 7.32. The molecule has 0 saturated carbocycles. The number of carbonyl (C=O) groups is 1. The molecule has 2 aliphatic heterocycles. The van der Waals surface area contributed by atoms with Gasteiger partial charge in [-0.05, 0) is 114 Å². The number of amides is 1. The van der Waals surface area contributed by atoms with Crippen LogP contribution in [0.1, 0.15) is 153 Å². The summed E-state index contributed by atoms with van der Waals surface area (Å²) in [6.45, 7) is 18.8. The first-order chi connectivity index (χ1) is 24.6. The first-order valence-electron chi connectivity index (χ1n) is 20.1. The van der Waals surface area contributed by atoms with Crippen LogP contribution in [0.5, 0.6) is 11.5 Å². The number of benzene rings is 1. The molecule has 0 bridgehead atoms. The maximum absolute atomic E-state index is 13.0. The summed E-state index contributed by atoms with van der Waals surface area (Å²) in [5, 5.41) is 0. The van der Waals surface area contributed by atoms with E-state index < -0.39 is 28.7 Å². The molecule has 0 spiro atoms. The molecule has 300 valence electrons. The van der Waals surface area contributed by atoms with E-state index in [0.29, 0.717) is 19.4 Å². The monoisotopic (exact) mass is 771 g/mol. The lowest BCUT2D eigenvalue weighted by Crippen LogP contribution is -2.38. The average Bonchev–Trinajstić information content (AvgIpc) is 3.47. The summed E-state index contributed by atoms with van der Waals surface area (Å²) in [5.74, 6) is 4.29. The molecular formula is C40H71NO9P2. The van der Waals surface area contributed by atoms with E-state index in [4.69, 9.17) is 28.3 Å². The van der Waals surface area contributed by atoms with Crippen LogP contribution in [0.3, 0.4) is 0 Å². The summed E-state index contributed by atoms with van der Waals surface area (Å²) in [5.41, 5.74) is 4.57. The van der Waals surface area contributed by atoms with Crippen LogP contribution in [-0.4, -0.2) is 58.1 Å². The molecule has 1 aromatic rings. The highest BCUT2D eigenvalue weighted by atomic mass is 31.1. The van der Waals surface area contributed by atoms with E-state index in [1.807, 2.05) is 0 Å². The topological polar surface area (TPSA) is 132 Å². The highest BCUT2D eigenvalue weighted by Crippen LogP contribution is 2.45. The molecule has 1 saturated heterocycles. The number of ether oxygens (including phenoxy) is 2. The molecule has 2 N–H and O–H groups in total. The van der Waals surface area contributed by atoms with Gasteiger partial charge in [0.05, 0.1) is 25.4 Å². The Bertz CT molecular complexity index is 1320. The number of carbonyl (C=O) groups excluding carboxylic acids is 1. The zero-order valence-electron chi connectivity index (χ0n) is 33.5. The lowest BCUT2D eigenvalue weighted by atomic mass is 9.83. The van der Waals surface area contributed by atoms with Crippen LogP contribution in [0.25, 0.3) is 0 Å². The third-order valence-corrected chi connectivity index (χ3v) is 12.4. The van der Waals surface area contributed by atoms with Gasteiger partial charge in [-0.2, -0.15) is 0 Å². The number of hydrogen-bond donors (Lipinski definition) is 2. The molecule has 0 aliphatic carbocycles. The Morgan fingerprint density at radius 1 is 0.885 bits per heavy atom. The molecule has 12 heteroatoms. The van der Waals surface area contributed by atoms with E-state index in [1.54, 1.807) is 4.90 Å². The molecule has 1 fully saturated rings. The fourth-order valence-electron chi connectivity index (χ4n) is 8.08. The minimum atomic E-state index is -3.16. The van der Waals surface area contributed by atoms with E-state index in [0.717, 1.165) is 78.0 Å². The van der Waals surface area contributed by atoms with Crippen molar-refractivity contribution in [2.75, 3.05) is 19.8 Å². The van der Waals surface area contributed by atoms with E-state index in [2.05, 4.69) is 55.4 Å². The maximum atomic E-state index is 13.0. The molecular weight excluding hydrogens is 700 g/mol. The second kappa shape index (κ2) is 22.2. The Morgan fingerprint density at radius 3 is 2.17 bits per heavy atom. The lowest BCUT2D eigenvalue weighted by molar-refractivity contribution is -0.133. The number of unbranched alkanes of at least 4 members (excludes halogenated alkanes) is 2. The molecule has 3 rings (SSSR count). The maximum Gasteiger partial charge on any atom is 0.316 e. The van der Waals surface area contributed by atoms with Crippen LogP contribution in [-0.2, 0) is 29.4 Å². The third kappa shape index (κ3) is 14.7. The molecule has 52 heavy (non-hydrogen) atoms. The minimum absolute atomic E-state index is 0.110. The van der Waals surface area contributed by atoms with Crippen LogP contribution in [0.4, 0.5) is 0 Å². The van der Waals surface area contributed by atoms with Crippen molar-refractivity contribution in [1.29, 1.82) is 0 Å². The van der Waals surface area contributed by atoms with Crippen LogP contribution >= 0.6 is 16.5 Å². The number of rotatable bonds is 24. The molecule has 2 unspecified atom stereocenters. The summed E-state index contributed by atoms with van der Waals surface area (Å²) in [4.78, 5) is 32.8. The van der Waals surface area contributed by atoms with Crippen LogP contribution < -0.4 is 9.47 Å². The van der Waals surface area contributed by atoms with E-state index in [9.17, 15) is 13.9 Å². The van der Waals surface area contributed by atoms with Gasteiger partial charge in [0.2, 0.25) is 5.91 Å². The van der Waals surface area contributed by atoms with Crippen LogP contribution in [0.15, 0.2) is 0 Å². The van der Waals surface area contributed by atoms with E-state index in [-0.39, 0.29) is 31.1 Å². The smallest absolute Gasteiger partial charge is 0.316 e. The van der Waals surface area contributed by atoms with E-state index >= 15 is 0 Å². The first-order valence-corrected chi connectivity index (χ1v) is 22.6. The van der Waals surface area contributed by atoms with Gasteiger partial charge in [-0.25, -0.2) is 0 Å². The van der Waals surface area contributed by atoms with E-state index in [1.165, 1.54) is 56.9 Å². The summed E-state index contributed by atoms with van der Waals surface area (Å²) >= 11 is 0. The van der Waals surface area contributed by atoms with Crippen LogP contribution in [0, 0.1) is 38.5 Å². The van der Waals surface area contributed by atoms with Gasteiger partial charge in [-0.3, -0.25) is 13.9 Å². The summed E-state index contributed by atoms with van der Waals surface area (Å²) < 4.78 is 45.4. The number of hydrogen-bond acceptors (Lipinski definition) is 7. The van der Waals surface area contributed by atoms with Crippen molar-refractivity contribution in [2.45, 2.75) is 176 Å². The molecule has 0 radical (unpaired) electrons. The number of nitrogens with zero attached hydrogens (tertiary/aromatic N) is 1. The average molecular weight is 772 g/mol. The Kier molecular flexibility index (Phi) is 19.2. The summed E-state index contributed by atoms with van der Waals surface area (Å²) in [6.07, 6.45) is 15.9. The van der Waals surface area contributed by atoms with Gasteiger partial charge in [0.15, 0.2) is 0 Å². The molecule has 7 atom stereocenters. The predicted molar refractivity (Wildman–Crippen MR) is 210 cm³/mol. The van der Waals surface area contributed by atoms with Gasteiger partial charge < -0.3 is 33.2 Å². The fourth-order valence-corrected chi connectivity index (χ4v) is 8.87. The van der Waals surface area contributed by atoms with Gasteiger partial charge in [0.1, 0.15) is 17.1 Å². The highest BCUT2D eigenvalue weighted by Gasteiger charge is 2.37. The first kappa shape index (κ1) is 45.0. The SMILES string of the molecule is Cc1c(C)c2c(c(C)c1OCCCCCC(=O)N1C[C@H](O[PH](=O)O)C[C@H]1CO[PH](=O)O)CC[C@@](C)(CCC[C@H](C)CCC[C@H](C)CCCC(C)C)O2. The molecule has 1 amide bonds. The van der Waals surface area contributed by atoms with Crippen molar-refractivity contribution in [3.63, 3.8) is 0 Å². The quantitative estimate of drug-likeness (QED) is 0.0779. The number of fused-ring (bicyclic) bond motifs is 1. The second-order valence-electron chi connectivity index (χ2n) is 16.6. The van der Waals surface area contributed by atoms with Crippen molar-refractivity contribution < 1.29 is 42.2 Å². The van der Waals surface area contributed by atoms with Gasteiger partial charge in [-0.15, -0.1) is 0 Å². The lowest BCUT2D eigenvalue weighted by Gasteiger charge is -2.38. The normalized spacial score (nSPS) is 22.6. The van der Waals surface area contributed by atoms with Crippen molar-refractivity contribution in [1.82, 2.24) is 4.90 Å². The Hall–Kier alpha value is -1.41.